The van der Waals surface area contributed by atoms with E-state index in [4.69, 9.17) is 5.11 Å². The quantitative estimate of drug-likeness (QED) is 0.792. The molecule has 0 bridgehead atoms. The predicted octanol–water partition coefficient (Wildman–Crippen LogP) is 3.83. The van der Waals surface area contributed by atoms with E-state index < -0.39 is 5.97 Å². The van der Waals surface area contributed by atoms with Crippen LogP contribution in [0.3, 0.4) is 0 Å². The Morgan fingerprint density at radius 2 is 2.19 bits per heavy atom. The van der Waals surface area contributed by atoms with E-state index in [9.17, 15) is 4.79 Å². The summed E-state index contributed by atoms with van der Waals surface area (Å²) in [5.74, 6) is 0.925. The third-order valence-electron chi connectivity index (χ3n) is 2.64. The molecule has 0 fully saturated rings. The van der Waals surface area contributed by atoms with E-state index in [0.717, 1.165) is 11.3 Å². The Balaban J connectivity index is 2.72. The van der Waals surface area contributed by atoms with Gasteiger partial charge in [-0.2, -0.15) is 0 Å². The van der Waals surface area contributed by atoms with Gasteiger partial charge in [-0.15, -0.1) is 11.8 Å². The van der Waals surface area contributed by atoms with Gasteiger partial charge >= 0.3 is 5.97 Å². The molecular weight excluding hydrogens is 220 g/mol. The minimum Gasteiger partial charge on any atom is -0.478 e. The summed E-state index contributed by atoms with van der Waals surface area (Å²) in [5.41, 5.74) is 1.42. The first kappa shape index (κ1) is 13.1. The van der Waals surface area contributed by atoms with E-state index >= 15 is 0 Å². The second-order valence-electron chi connectivity index (χ2n) is 4.11. The Hall–Kier alpha value is -0.960. The number of hydrogen-bond donors (Lipinski definition) is 1. The average Bonchev–Trinajstić information content (AvgIpc) is 2.26. The van der Waals surface area contributed by atoms with Crippen LogP contribution in [0.2, 0.25) is 0 Å². The molecule has 1 N–H and O–H groups in total. The average molecular weight is 238 g/mol. The van der Waals surface area contributed by atoms with Gasteiger partial charge in [0.1, 0.15) is 0 Å². The molecule has 1 atom stereocenters. The summed E-state index contributed by atoms with van der Waals surface area (Å²) in [6, 6.07) is 5.32. The van der Waals surface area contributed by atoms with E-state index in [-0.39, 0.29) is 0 Å². The Bertz CT molecular complexity index is 374. The van der Waals surface area contributed by atoms with Gasteiger partial charge in [-0.3, -0.25) is 0 Å². The summed E-state index contributed by atoms with van der Waals surface area (Å²) in [5, 5.41) is 8.85. The highest BCUT2D eigenvalue weighted by Gasteiger charge is 2.07. The molecule has 0 aromatic heterocycles. The van der Waals surface area contributed by atoms with Crippen molar-refractivity contribution in [2.45, 2.75) is 32.1 Å². The van der Waals surface area contributed by atoms with Crippen molar-refractivity contribution >= 4 is 17.7 Å². The molecule has 1 aromatic carbocycles. The van der Waals surface area contributed by atoms with Crippen molar-refractivity contribution < 1.29 is 9.90 Å². The van der Waals surface area contributed by atoms with Crippen LogP contribution in [-0.2, 0) is 0 Å². The van der Waals surface area contributed by atoms with Crippen molar-refractivity contribution in [2.24, 2.45) is 5.92 Å². The molecule has 16 heavy (non-hydrogen) atoms. The summed E-state index contributed by atoms with van der Waals surface area (Å²) >= 11 is 1.81. The van der Waals surface area contributed by atoms with Gasteiger partial charge in [-0.1, -0.05) is 20.3 Å². The van der Waals surface area contributed by atoms with Crippen molar-refractivity contribution in [1.29, 1.82) is 0 Å². The van der Waals surface area contributed by atoms with E-state index in [1.807, 2.05) is 24.8 Å². The highest BCUT2D eigenvalue weighted by Crippen LogP contribution is 2.26. The molecule has 0 amide bonds. The smallest absolute Gasteiger partial charge is 0.335 e. The zero-order chi connectivity index (χ0) is 12.1. The zero-order valence-corrected chi connectivity index (χ0v) is 10.8. The lowest BCUT2D eigenvalue weighted by Gasteiger charge is -2.10. The molecule has 1 unspecified atom stereocenters. The molecular formula is C13H18O2S. The van der Waals surface area contributed by atoms with Crippen molar-refractivity contribution in [3.8, 4) is 0 Å². The monoisotopic (exact) mass is 238 g/mol. The van der Waals surface area contributed by atoms with Gasteiger partial charge in [0.2, 0.25) is 0 Å². The Morgan fingerprint density at radius 3 is 2.69 bits per heavy atom. The van der Waals surface area contributed by atoms with E-state index in [1.165, 1.54) is 11.3 Å². The third kappa shape index (κ3) is 3.56. The van der Waals surface area contributed by atoms with Crippen molar-refractivity contribution in [2.75, 3.05) is 5.75 Å². The van der Waals surface area contributed by atoms with Gasteiger partial charge < -0.3 is 5.11 Å². The first-order chi connectivity index (χ1) is 7.54. The lowest BCUT2D eigenvalue weighted by Crippen LogP contribution is -1.98. The number of carboxylic acid groups (broad SMARTS) is 1. The molecule has 0 aliphatic rings. The Kier molecular flexibility index (Phi) is 4.87. The predicted molar refractivity (Wildman–Crippen MR) is 68.3 cm³/mol. The van der Waals surface area contributed by atoms with Gasteiger partial charge in [-0.05, 0) is 36.6 Å². The topological polar surface area (TPSA) is 37.3 Å². The molecule has 0 radical (unpaired) electrons. The first-order valence-corrected chi connectivity index (χ1v) is 6.50. The first-order valence-electron chi connectivity index (χ1n) is 5.51. The SMILES string of the molecule is CCC(C)CSc1ccc(C(=O)O)cc1C. The molecule has 0 aliphatic carbocycles. The number of rotatable bonds is 5. The highest BCUT2D eigenvalue weighted by atomic mass is 32.2. The standard InChI is InChI=1S/C13H18O2S/c1-4-9(2)8-16-12-6-5-11(13(14)15)7-10(12)3/h5-7,9H,4,8H2,1-3H3,(H,14,15). The minimum atomic E-state index is -0.860. The fraction of sp³-hybridized carbons (Fsp3) is 0.462. The molecule has 0 spiro atoms. The summed E-state index contributed by atoms with van der Waals surface area (Å²) in [6.45, 7) is 6.38. The number of carbonyl (C=O) groups is 1. The van der Waals surface area contributed by atoms with Crippen LogP contribution in [0, 0.1) is 12.8 Å². The van der Waals surface area contributed by atoms with E-state index in [2.05, 4.69) is 13.8 Å². The summed E-state index contributed by atoms with van der Waals surface area (Å²) in [6.07, 6.45) is 1.18. The van der Waals surface area contributed by atoms with Crippen LogP contribution < -0.4 is 0 Å². The molecule has 0 saturated carbocycles. The number of aromatic carboxylic acids is 1. The van der Waals surface area contributed by atoms with Crippen LogP contribution in [0.4, 0.5) is 0 Å². The van der Waals surface area contributed by atoms with E-state index in [1.54, 1.807) is 12.1 Å². The van der Waals surface area contributed by atoms with Gasteiger partial charge in [-0.25, -0.2) is 4.79 Å². The Labute approximate surface area is 101 Å². The number of carboxylic acids is 1. The Morgan fingerprint density at radius 1 is 1.50 bits per heavy atom. The summed E-state index contributed by atoms with van der Waals surface area (Å²) in [4.78, 5) is 12.0. The molecule has 0 aliphatic heterocycles. The molecule has 1 rings (SSSR count). The van der Waals surface area contributed by atoms with Crippen LogP contribution in [0.25, 0.3) is 0 Å². The maximum Gasteiger partial charge on any atom is 0.335 e. The fourth-order valence-corrected chi connectivity index (χ4v) is 2.44. The molecule has 0 saturated heterocycles. The zero-order valence-electron chi connectivity index (χ0n) is 9.99. The minimum absolute atomic E-state index is 0.366. The maximum atomic E-state index is 10.8. The van der Waals surface area contributed by atoms with Crippen LogP contribution in [0.1, 0.15) is 36.2 Å². The largest absolute Gasteiger partial charge is 0.478 e. The fourth-order valence-electron chi connectivity index (χ4n) is 1.29. The number of benzene rings is 1. The molecule has 2 nitrogen and oxygen atoms in total. The van der Waals surface area contributed by atoms with Crippen LogP contribution in [0.5, 0.6) is 0 Å². The number of thioether (sulfide) groups is 1. The normalized spacial score (nSPS) is 12.4. The van der Waals surface area contributed by atoms with Crippen LogP contribution in [0.15, 0.2) is 23.1 Å². The molecule has 0 heterocycles. The summed E-state index contributed by atoms with van der Waals surface area (Å²) < 4.78 is 0. The van der Waals surface area contributed by atoms with Crippen LogP contribution in [-0.4, -0.2) is 16.8 Å². The molecule has 3 heteroatoms. The van der Waals surface area contributed by atoms with Gasteiger partial charge in [0.25, 0.3) is 0 Å². The number of hydrogen-bond acceptors (Lipinski definition) is 2. The molecule has 1 aromatic rings. The molecule has 88 valence electrons. The third-order valence-corrected chi connectivity index (χ3v) is 4.15. The lowest BCUT2D eigenvalue weighted by molar-refractivity contribution is 0.0696. The van der Waals surface area contributed by atoms with Gasteiger partial charge in [0, 0.05) is 10.6 Å². The van der Waals surface area contributed by atoms with Gasteiger partial charge in [0.15, 0.2) is 0 Å². The highest BCUT2D eigenvalue weighted by molar-refractivity contribution is 7.99. The van der Waals surface area contributed by atoms with Crippen molar-refractivity contribution in [1.82, 2.24) is 0 Å². The second kappa shape index (κ2) is 5.94. The van der Waals surface area contributed by atoms with Crippen molar-refractivity contribution in [3.05, 3.63) is 29.3 Å². The van der Waals surface area contributed by atoms with E-state index in [0.29, 0.717) is 11.5 Å². The van der Waals surface area contributed by atoms with Gasteiger partial charge in [0.05, 0.1) is 5.56 Å². The van der Waals surface area contributed by atoms with Crippen molar-refractivity contribution in [3.63, 3.8) is 0 Å². The summed E-state index contributed by atoms with van der Waals surface area (Å²) in [7, 11) is 0. The van der Waals surface area contributed by atoms with Crippen LogP contribution >= 0.6 is 11.8 Å². The lowest BCUT2D eigenvalue weighted by atomic mass is 10.1. The second-order valence-corrected chi connectivity index (χ2v) is 5.17. The maximum absolute atomic E-state index is 10.8. The number of aryl methyl sites for hydroxylation is 1.